The zero-order valence-electron chi connectivity index (χ0n) is 7.18. The number of rotatable bonds is 1. The van der Waals surface area contributed by atoms with Gasteiger partial charge >= 0.3 is 0 Å². The van der Waals surface area contributed by atoms with Crippen LogP contribution in [0.15, 0.2) is 11.6 Å². The van der Waals surface area contributed by atoms with E-state index in [2.05, 4.69) is 13.0 Å². The third-order valence-electron chi connectivity index (χ3n) is 2.77. The second-order valence-electron chi connectivity index (χ2n) is 3.65. The van der Waals surface area contributed by atoms with E-state index >= 15 is 0 Å². The number of hydrogen-bond acceptors (Lipinski definition) is 1. The van der Waals surface area contributed by atoms with E-state index in [1.807, 2.05) is 0 Å². The molecule has 1 heterocycles. The molecule has 1 heteroatoms. The first kappa shape index (κ1) is 7.35. The molecule has 2 rings (SSSR count). The van der Waals surface area contributed by atoms with Gasteiger partial charge in [-0.1, -0.05) is 11.6 Å². The van der Waals surface area contributed by atoms with Gasteiger partial charge < -0.3 is 4.74 Å². The molecule has 0 radical (unpaired) electrons. The van der Waals surface area contributed by atoms with E-state index in [0.717, 1.165) is 12.5 Å². The van der Waals surface area contributed by atoms with Gasteiger partial charge in [0.15, 0.2) is 0 Å². The molecule has 1 nitrogen and oxygen atoms in total. The Kier molecular flexibility index (Phi) is 1.99. The first-order chi connectivity index (χ1) is 5.40. The largest absolute Gasteiger partial charge is 0.377 e. The van der Waals surface area contributed by atoms with Gasteiger partial charge in [-0.25, -0.2) is 0 Å². The average molecular weight is 152 g/mol. The van der Waals surface area contributed by atoms with Crippen molar-refractivity contribution >= 4 is 0 Å². The molecule has 0 amide bonds. The maximum Gasteiger partial charge on any atom is 0.0640 e. The van der Waals surface area contributed by atoms with Crippen molar-refractivity contribution in [1.29, 1.82) is 0 Å². The van der Waals surface area contributed by atoms with Crippen molar-refractivity contribution in [3.63, 3.8) is 0 Å². The summed E-state index contributed by atoms with van der Waals surface area (Å²) in [6.45, 7) is 3.10. The first-order valence-corrected chi connectivity index (χ1v) is 4.66. The molecule has 2 fully saturated rings. The Morgan fingerprint density at radius 1 is 1.45 bits per heavy atom. The number of hydrogen-bond donors (Lipinski definition) is 0. The molecule has 1 saturated heterocycles. The van der Waals surface area contributed by atoms with Crippen molar-refractivity contribution in [1.82, 2.24) is 0 Å². The van der Waals surface area contributed by atoms with Gasteiger partial charge in [0.1, 0.15) is 0 Å². The molecule has 0 aromatic carbocycles. The normalized spacial score (nSPS) is 36.1. The lowest BCUT2D eigenvalue weighted by atomic mass is 9.99. The van der Waals surface area contributed by atoms with Crippen LogP contribution in [0.3, 0.4) is 0 Å². The third kappa shape index (κ3) is 1.64. The summed E-state index contributed by atoms with van der Waals surface area (Å²) in [6.07, 6.45) is 8.03. The molecular formula is C10H16O. The zero-order chi connectivity index (χ0) is 7.68. The van der Waals surface area contributed by atoms with Gasteiger partial charge in [-0.15, -0.1) is 0 Å². The van der Waals surface area contributed by atoms with Crippen molar-refractivity contribution in [2.75, 3.05) is 6.61 Å². The quantitative estimate of drug-likeness (QED) is 0.525. The van der Waals surface area contributed by atoms with Crippen molar-refractivity contribution in [2.45, 2.75) is 38.7 Å². The first-order valence-electron chi connectivity index (χ1n) is 4.66. The van der Waals surface area contributed by atoms with Crippen molar-refractivity contribution in [2.24, 2.45) is 5.92 Å². The highest BCUT2D eigenvalue weighted by Crippen LogP contribution is 2.39. The van der Waals surface area contributed by atoms with Crippen LogP contribution in [0.25, 0.3) is 0 Å². The Hall–Kier alpha value is -0.300. The summed E-state index contributed by atoms with van der Waals surface area (Å²) in [5.74, 6) is 0.908. The second kappa shape index (κ2) is 2.98. The standard InChI is InChI=1S/C10H16O/c1-2-8-5-6-11-10(7-8)9-3-4-9/h2,9-10H,3-7H2,1H3. The van der Waals surface area contributed by atoms with Crippen molar-refractivity contribution in [3.8, 4) is 0 Å². The molecule has 62 valence electrons. The lowest BCUT2D eigenvalue weighted by molar-refractivity contribution is 0.0215. The topological polar surface area (TPSA) is 9.23 Å². The Balaban J connectivity index is 1.91. The molecule has 0 N–H and O–H groups in total. The Morgan fingerprint density at radius 3 is 2.91 bits per heavy atom. The monoisotopic (exact) mass is 152 g/mol. The minimum absolute atomic E-state index is 0.579. The molecule has 1 aliphatic heterocycles. The minimum atomic E-state index is 0.579. The van der Waals surface area contributed by atoms with Crippen LogP contribution in [-0.4, -0.2) is 12.7 Å². The maximum atomic E-state index is 5.69. The van der Waals surface area contributed by atoms with E-state index in [4.69, 9.17) is 4.74 Å². The van der Waals surface area contributed by atoms with Gasteiger partial charge in [-0.2, -0.15) is 0 Å². The fourth-order valence-electron chi connectivity index (χ4n) is 1.79. The minimum Gasteiger partial charge on any atom is -0.377 e. The summed E-state index contributed by atoms with van der Waals surface area (Å²) in [7, 11) is 0. The molecule has 0 spiro atoms. The van der Waals surface area contributed by atoms with Crippen LogP contribution in [0.5, 0.6) is 0 Å². The number of allylic oxidation sites excluding steroid dienone is 1. The predicted octanol–water partition coefficient (Wildman–Crippen LogP) is 2.52. The summed E-state index contributed by atoms with van der Waals surface area (Å²) < 4.78 is 5.69. The third-order valence-corrected chi connectivity index (χ3v) is 2.77. The lowest BCUT2D eigenvalue weighted by Crippen LogP contribution is -2.22. The molecule has 11 heavy (non-hydrogen) atoms. The van der Waals surface area contributed by atoms with E-state index < -0.39 is 0 Å². The predicted molar refractivity (Wildman–Crippen MR) is 45.5 cm³/mol. The van der Waals surface area contributed by atoms with Gasteiger partial charge in [-0.3, -0.25) is 0 Å². The fourth-order valence-corrected chi connectivity index (χ4v) is 1.79. The van der Waals surface area contributed by atoms with Gasteiger partial charge in [0.25, 0.3) is 0 Å². The zero-order valence-corrected chi connectivity index (χ0v) is 7.18. The molecule has 0 aromatic rings. The molecule has 0 bridgehead atoms. The lowest BCUT2D eigenvalue weighted by Gasteiger charge is -2.24. The van der Waals surface area contributed by atoms with Crippen molar-refractivity contribution < 1.29 is 4.74 Å². The summed E-state index contributed by atoms with van der Waals surface area (Å²) in [5, 5.41) is 0. The van der Waals surface area contributed by atoms with E-state index in [0.29, 0.717) is 6.10 Å². The molecule has 2 aliphatic rings. The smallest absolute Gasteiger partial charge is 0.0640 e. The van der Waals surface area contributed by atoms with E-state index in [9.17, 15) is 0 Å². The SMILES string of the molecule is CC=C1CCOC(C2CC2)C1. The Morgan fingerprint density at radius 2 is 2.27 bits per heavy atom. The Labute approximate surface area is 68.4 Å². The highest BCUT2D eigenvalue weighted by molar-refractivity contribution is 5.06. The second-order valence-corrected chi connectivity index (χ2v) is 3.65. The number of ether oxygens (including phenoxy) is 1. The molecule has 1 saturated carbocycles. The van der Waals surface area contributed by atoms with Crippen LogP contribution < -0.4 is 0 Å². The van der Waals surface area contributed by atoms with Crippen LogP contribution in [0.1, 0.15) is 32.6 Å². The Bertz CT molecular complexity index is 168. The molecule has 1 unspecified atom stereocenters. The van der Waals surface area contributed by atoms with Gasteiger partial charge in [0, 0.05) is 0 Å². The summed E-state index contributed by atoms with van der Waals surface area (Å²) in [5.41, 5.74) is 1.60. The van der Waals surface area contributed by atoms with Crippen LogP contribution in [0.2, 0.25) is 0 Å². The van der Waals surface area contributed by atoms with Gasteiger partial charge in [0.2, 0.25) is 0 Å². The molecule has 1 aliphatic carbocycles. The van der Waals surface area contributed by atoms with Gasteiger partial charge in [0.05, 0.1) is 12.7 Å². The molecule has 0 aromatic heterocycles. The fraction of sp³-hybridized carbons (Fsp3) is 0.800. The van der Waals surface area contributed by atoms with Crippen LogP contribution in [0, 0.1) is 5.92 Å². The van der Waals surface area contributed by atoms with Crippen molar-refractivity contribution in [3.05, 3.63) is 11.6 Å². The molecule has 1 atom stereocenters. The highest BCUT2D eigenvalue weighted by Gasteiger charge is 2.33. The summed E-state index contributed by atoms with van der Waals surface area (Å²) >= 11 is 0. The average Bonchev–Trinajstić information content (AvgIpc) is 2.87. The van der Waals surface area contributed by atoms with E-state index in [1.54, 1.807) is 5.57 Å². The summed E-state index contributed by atoms with van der Waals surface area (Å²) in [4.78, 5) is 0. The highest BCUT2D eigenvalue weighted by atomic mass is 16.5. The van der Waals surface area contributed by atoms with Crippen LogP contribution in [0.4, 0.5) is 0 Å². The maximum absolute atomic E-state index is 5.69. The van der Waals surface area contributed by atoms with Gasteiger partial charge in [-0.05, 0) is 38.5 Å². The van der Waals surface area contributed by atoms with E-state index in [1.165, 1.54) is 25.7 Å². The molecular weight excluding hydrogens is 136 g/mol. The van der Waals surface area contributed by atoms with Crippen LogP contribution >= 0.6 is 0 Å². The van der Waals surface area contributed by atoms with E-state index in [-0.39, 0.29) is 0 Å². The summed E-state index contributed by atoms with van der Waals surface area (Å²) in [6, 6.07) is 0. The van der Waals surface area contributed by atoms with Crippen LogP contribution in [-0.2, 0) is 4.74 Å².